The Hall–Kier alpha value is -2.41. The number of benzene rings is 2. The Kier molecular flexibility index (Phi) is 3.53. The van der Waals surface area contributed by atoms with Gasteiger partial charge in [-0.25, -0.2) is 0 Å². The lowest BCUT2D eigenvalue weighted by molar-refractivity contribution is -0.115. The van der Waals surface area contributed by atoms with Crippen LogP contribution in [0.3, 0.4) is 0 Å². The van der Waals surface area contributed by atoms with Crippen molar-refractivity contribution in [1.29, 1.82) is 0 Å². The van der Waals surface area contributed by atoms with Crippen LogP contribution in [0.5, 0.6) is 0 Å². The van der Waals surface area contributed by atoms with Crippen molar-refractivity contribution in [1.82, 2.24) is 0 Å². The van der Waals surface area contributed by atoms with Gasteiger partial charge in [0.1, 0.15) is 0 Å². The van der Waals surface area contributed by atoms with E-state index in [1.165, 1.54) is 16.7 Å². The first-order chi connectivity index (χ1) is 11.6. The van der Waals surface area contributed by atoms with Gasteiger partial charge in [0.05, 0.1) is 0 Å². The molecule has 0 saturated carbocycles. The Bertz CT molecular complexity index is 774. The Morgan fingerprint density at radius 3 is 2.04 bits per heavy atom. The fraction of sp³-hybridized carbons (Fsp3) is 0.261. The Morgan fingerprint density at radius 2 is 1.46 bits per heavy atom. The lowest BCUT2D eigenvalue weighted by atomic mass is 9.57. The minimum absolute atomic E-state index is 0.0499. The molecular formula is C23H22O. The molecule has 0 fully saturated rings. The van der Waals surface area contributed by atoms with Gasteiger partial charge in [0.2, 0.25) is 0 Å². The highest BCUT2D eigenvalue weighted by atomic mass is 16.1. The van der Waals surface area contributed by atoms with Crippen molar-refractivity contribution < 1.29 is 4.79 Å². The molecular weight excluding hydrogens is 292 g/mol. The molecule has 0 bridgehead atoms. The molecule has 0 spiro atoms. The second-order valence-corrected chi connectivity index (χ2v) is 7.34. The fourth-order valence-electron chi connectivity index (χ4n) is 4.34. The summed E-state index contributed by atoms with van der Waals surface area (Å²) >= 11 is 0. The van der Waals surface area contributed by atoms with Gasteiger partial charge < -0.3 is 0 Å². The van der Waals surface area contributed by atoms with Crippen LogP contribution in [0.1, 0.15) is 37.3 Å². The van der Waals surface area contributed by atoms with Crippen molar-refractivity contribution >= 4 is 5.78 Å². The summed E-state index contributed by atoms with van der Waals surface area (Å²) in [6, 6.07) is 21.5. The van der Waals surface area contributed by atoms with Gasteiger partial charge in [-0.1, -0.05) is 79.7 Å². The normalized spacial score (nSPS) is 25.0. The first-order valence-electron chi connectivity index (χ1n) is 8.68. The number of fused-ring (bicyclic) bond motifs is 1. The first kappa shape index (κ1) is 15.1. The van der Waals surface area contributed by atoms with E-state index in [9.17, 15) is 4.79 Å². The smallest absolute Gasteiger partial charge is 0.156 e. The predicted molar refractivity (Wildman–Crippen MR) is 97.9 cm³/mol. The second kappa shape index (κ2) is 5.59. The molecule has 2 aromatic carbocycles. The van der Waals surface area contributed by atoms with Crippen molar-refractivity contribution in [2.24, 2.45) is 5.41 Å². The van der Waals surface area contributed by atoms with Gasteiger partial charge >= 0.3 is 0 Å². The van der Waals surface area contributed by atoms with Crippen LogP contribution < -0.4 is 0 Å². The predicted octanol–water partition coefficient (Wildman–Crippen LogP) is 5.23. The zero-order valence-corrected chi connectivity index (χ0v) is 14.0. The average Bonchev–Trinajstić information content (AvgIpc) is 2.63. The number of hydrogen-bond donors (Lipinski definition) is 0. The van der Waals surface area contributed by atoms with E-state index in [1.54, 1.807) is 0 Å². The summed E-state index contributed by atoms with van der Waals surface area (Å²) in [5.74, 6) is 0.263. The molecule has 2 aromatic rings. The first-order valence-corrected chi connectivity index (χ1v) is 8.68. The van der Waals surface area contributed by atoms with Crippen molar-refractivity contribution in [3.05, 3.63) is 95.6 Å². The number of carbonyl (C=O) groups is 1. The molecule has 0 amide bonds. The topological polar surface area (TPSA) is 17.1 Å². The van der Waals surface area contributed by atoms with Crippen molar-refractivity contribution in [3.63, 3.8) is 0 Å². The molecule has 1 atom stereocenters. The Balaban J connectivity index is 1.92. The van der Waals surface area contributed by atoms with Crippen LogP contribution >= 0.6 is 0 Å². The molecule has 2 aliphatic rings. The molecule has 2 aliphatic carbocycles. The second-order valence-electron chi connectivity index (χ2n) is 7.34. The maximum Gasteiger partial charge on any atom is 0.156 e. The molecule has 24 heavy (non-hydrogen) atoms. The minimum Gasteiger partial charge on any atom is -0.295 e. The van der Waals surface area contributed by atoms with E-state index < -0.39 is 0 Å². The fourth-order valence-corrected chi connectivity index (χ4v) is 4.34. The van der Waals surface area contributed by atoms with E-state index in [1.807, 2.05) is 6.08 Å². The lowest BCUT2D eigenvalue weighted by Crippen LogP contribution is -2.39. The van der Waals surface area contributed by atoms with Gasteiger partial charge in [-0.05, 0) is 41.0 Å². The minimum atomic E-state index is -0.130. The highest BCUT2D eigenvalue weighted by Gasteiger charge is 2.45. The maximum absolute atomic E-state index is 11.9. The standard InChI is InChI=1S/C23H22O/c1-22-14-13-21(24)16-20(22)12-15-23(17-22,18-8-4-2-5-9-18)19-10-6-3-7-11-19/h2-12,15-16H,13-14,17H2,1H3/t22-/m1/s1. The van der Waals surface area contributed by atoms with Gasteiger partial charge in [0, 0.05) is 11.8 Å². The molecule has 120 valence electrons. The molecule has 0 aromatic heterocycles. The van der Waals surface area contributed by atoms with Gasteiger partial charge in [-0.15, -0.1) is 0 Å². The van der Waals surface area contributed by atoms with Crippen LogP contribution in [0.25, 0.3) is 0 Å². The molecule has 0 unspecified atom stereocenters. The van der Waals surface area contributed by atoms with Crippen molar-refractivity contribution in [2.45, 2.75) is 31.6 Å². The van der Waals surface area contributed by atoms with Crippen molar-refractivity contribution in [2.75, 3.05) is 0 Å². The lowest BCUT2D eigenvalue weighted by Gasteiger charge is -2.46. The van der Waals surface area contributed by atoms with Crippen LogP contribution in [0.15, 0.2) is 84.5 Å². The molecule has 0 aliphatic heterocycles. The number of hydrogen-bond acceptors (Lipinski definition) is 1. The van der Waals surface area contributed by atoms with Gasteiger partial charge in [-0.3, -0.25) is 4.79 Å². The molecule has 4 rings (SSSR count). The van der Waals surface area contributed by atoms with Gasteiger partial charge in [-0.2, -0.15) is 0 Å². The molecule has 0 heterocycles. The maximum atomic E-state index is 11.9. The number of ketones is 1. The highest BCUT2D eigenvalue weighted by molar-refractivity contribution is 5.92. The number of allylic oxidation sites excluding steroid dienone is 4. The average molecular weight is 314 g/mol. The summed E-state index contributed by atoms with van der Waals surface area (Å²) in [5, 5.41) is 0. The van der Waals surface area contributed by atoms with Crippen LogP contribution in [-0.2, 0) is 10.2 Å². The van der Waals surface area contributed by atoms with E-state index >= 15 is 0 Å². The zero-order valence-electron chi connectivity index (χ0n) is 14.0. The third-order valence-electron chi connectivity index (χ3n) is 5.73. The highest BCUT2D eigenvalue weighted by Crippen LogP contribution is 2.53. The quantitative estimate of drug-likeness (QED) is 0.742. The summed E-state index contributed by atoms with van der Waals surface area (Å²) in [6.07, 6.45) is 8.96. The summed E-state index contributed by atoms with van der Waals surface area (Å²) < 4.78 is 0. The molecule has 1 heteroatoms. The number of carbonyl (C=O) groups excluding carboxylic acids is 1. The zero-order chi connectivity index (χ0) is 16.6. The van der Waals surface area contributed by atoms with E-state index in [2.05, 4.69) is 79.7 Å². The summed E-state index contributed by atoms with van der Waals surface area (Å²) in [6.45, 7) is 2.31. The van der Waals surface area contributed by atoms with Crippen LogP contribution in [0.4, 0.5) is 0 Å². The summed E-state index contributed by atoms with van der Waals surface area (Å²) in [7, 11) is 0. The number of rotatable bonds is 2. The third-order valence-corrected chi connectivity index (χ3v) is 5.73. The monoisotopic (exact) mass is 314 g/mol. The van der Waals surface area contributed by atoms with Gasteiger partial charge in [0.25, 0.3) is 0 Å². The summed E-state index contributed by atoms with van der Waals surface area (Å²) in [5.41, 5.74) is 3.76. The SMILES string of the molecule is C[C@]12CCC(=O)C=C1C=CC(c1ccccc1)(c1ccccc1)C2. The van der Waals surface area contributed by atoms with E-state index in [-0.39, 0.29) is 16.6 Å². The molecule has 0 saturated heterocycles. The largest absolute Gasteiger partial charge is 0.295 e. The molecule has 1 nitrogen and oxygen atoms in total. The molecule has 0 radical (unpaired) electrons. The van der Waals surface area contributed by atoms with E-state index in [4.69, 9.17) is 0 Å². The third kappa shape index (κ3) is 2.36. The van der Waals surface area contributed by atoms with Crippen LogP contribution in [0, 0.1) is 5.41 Å². The van der Waals surface area contributed by atoms with Crippen LogP contribution in [0.2, 0.25) is 0 Å². The van der Waals surface area contributed by atoms with E-state index in [0.29, 0.717) is 6.42 Å². The Morgan fingerprint density at radius 1 is 0.875 bits per heavy atom. The summed E-state index contributed by atoms with van der Waals surface area (Å²) in [4.78, 5) is 11.9. The van der Waals surface area contributed by atoms with Crippen LogP contribution in [-0.4, -0.2) is 5.78 Å². The van der Waals surface area contributed by atoms with E-state index in [0.717, 1.165) is 12.8 Å². The Labute approximate surface area is 143 Å². The van der Waals surface area contributed by atoms with Gasteiger partial charge in [0.15, 0.2) is 5.78 Å². The molecule has 0 N–H and O–H groups in total. The van der Waals surface area contributed by atoms with Crippen molar-refractivity contribution in [3.8, 4) is 0 Å².